The van der Waals surface area contributed by atoms with Gasteiger partial charge in [0.15, 0.2) is 11.5 Å². The lowest BCUT2D eigenvalue weighted by molar-refractivity contribution is -0.124. The molecule has 178 valence electrons. The number of nitrogens with zero attached hydrogens (tertiary/aromatic N) is 3. The number of nitrogens with one attached hydrogen (secondary N) is 1. The number of fused-ring (bicyclic) bond motifs is 1. The molecule has 1 N–H and O–H groups in total. The van der Waals surface area contributed by atoms with Crippen LogP contribution in [0.4, 0.5) is 4.79 Å². The molecular formula is C25H22N4O5S. The summed E-state index contributed by atoms with van der Waals surface area (Å²) in [6, 6.07) is 15.1. The minimum absolute atomic E-state index is 0.112. The summed E-state index contributed by atoms with van der Waals surface area (Å²) >= 11 is 0.881. The molecule has 1 saturated heterocycles. The van der Waals surface area contributed by atoms with Gasteiger partial charge in [0.2, 0.25) is 12.7 Å². The number of rotatable bonds is 8. The summed E-state index contributed by atoms with van der Waals surface area (Å²) in [6.45, 7) is 0.469. The quantitative estimate of drug-likeness (QED) is 0.483. The fourth-order valence-electron chi connectivity index (χ4n) is 3.71. The first-order chi connectivity index (χ1) is 17.1. The van der Waals surface area contributed by atoms with Crippen molar-refractivity contribution in [2.75, 3.05) is 19.9 Å². The van der Waals surface area contributed by atoms with Crippen LogP contribution in [0.3, 0.4) is 0 Å². The lowest BCUT2D eigenvalue weighted by Gasteiger charge is -2.12. The maximum absolute atomic E-state index is 12.7. The van der Waals surface area contributed by atoms with Gasteiger partial charge in [-0.3, -0.25) is 19.3 Å². The Balaban J connectivity index is 1.09. The third kappa shape index (κ3) is 5.22. The predicted octanol–water partition coefficient (Wildman–Crippen LogP) is 3.39. The molecule has 0 atom stereocenters. The van der Waals surface area contributed by atoms with E-state index in [1.165, 1.54) is 0 Å². The fraction of sp³-hybridized carbons (Fsp3) is 0.200. The van der Waals surface area contributed by atoms with E-state index in [1.807, 2.05) is 36.5 Å². The molecule has 0 saturated carbocycles. The van der Waals surface area contributed by atoms with Crippen molar-refractivity contribution in [2.24, 2.45) is 0 Å². The number of hydrogen-bond acceptors (Lipinski definition) is 7. The molecule has 10 heteroatoms. The van der Waals surface area contributed by atoms with Gasteiger partial charge in [0.25, 0.3) is 11.1 Å². The number of benzene rings is 2. The maximum atomic E-state index is 12.7. The first-order valence-corrected chi connectivity index (χ1v) is 11.9. The molecule has 1 fully saturated rings. The van der Waals surface area contributed by atoms with Crippen LogP contribution >= 0.6 is 11.8 Å². The minimum Gasteiger partial charge on any atom is -0.454 e. The van der Waals surface area contributed by atoms with Crippen LogP contribution in [-0.4, -0.2) is 51.6 Å². The van der Waals surface area contributed by atoms with Gasteiger partial charge in [0, 0.05) is 25.7 Å². The third-order valence-electron chi connectivity index (χ3n) is 5.52. The van der Waals surface area contributed by atoms with Crippen molar-refractivity contribution in [1.82, 2.24) is 20.0 Å². The van der Waals surface area contributed by atoms with Gasteiger partial charge in [-0.05, 0) is 59.7 Å². The van der Waals surface area contributed by atoms with Gasteiger partial charge < -0.3 is 14.8 Å². The number of thioether (sulfide) groups is 1. The molecule has 0 spiro atoms. The monoisotopic (exact) mass is 490 g/mol. The Hall–Kier alpha value is -4.05. The zero-order chi connectivity index (χ0) is 24.2. The van der Waals surface area contributed by atoms with E-state index in [9.17, 15) is 14.4 Å². The van der Waals surface area contributed by atoms with Gasteiger partial charge in [-0.25, -0.2) is 4.68 Å². The van der Waals surface area contributed by atoms with Crippen LogP contribution < -0.4 is 14.8 Å². The van der Waals surface area contributed by atoms with Crippen LogP contribution in [0.2, 0.25) is 0 Å². The number of hydrogen-bond donors (Lipinski definition) is 1. The number of imide groups is 1. The molecule has 5 rings (SSSR count). The lowest BCUT2D eigenvalue weighted by atomic mass is 10.2. The SMILES string of the molecule is O=C(CCc1cnn(-c2ccccc2)c1)NCCN1C(=O)S/C(=C\c2ccc3c(c2)OCO3)C1=O. The predicted molar refractivity (Wildman–Crippen MR) is 130 cm³/mol. The second kappa shape index (κ2) is 10.1. The Kier molecular flexibility index (Phi) is 6.53. The van der Waals surface area contributed by atoms with Crippen molar-refractivity contribution >= 4 is 34.9 Å². The van der Waals surface area contributed by atoms with E-state index in [2.05, 4.69) is 10.4 Å². The Bertz CT molecular complexity index is 1300. The molecule has 0 radical (unpaired) electrons. The van der Waals surface area contributed by atoms with Crippen molar-refractivity contribution in [3.05, 3.63) is 77.0 Å². The summed E-state index contributed by atoms with van der Waals surface area (Å²) in [6.07, 6.45) is 6.12. The topological polar surface area (TPSA) is 103 Å². The number of carbonyl (C=O) groups excluding carboxylic acids is 3. The van der Waals surface area contributed by atoms with Crippen LogP contribution in [-0.2, 0) is 16.0 Å². The van der Waals surface area contributed by atoms with E-state index in [4.69, 9.17) is 9.47 Å². The van der Waals surface area contributed by atoms with Gasteiger partial charge in [-0.2, -0.15) is 5.10 Å². The van der Waals surface area contributed by atoms with Gasteiger partial charge in [0.1, 0.15) is 0 Å². The van der Waals surface area contributed by atoms with Crippen molar-refractivity contribution in [1.29, 1.82) is 0 Å². The van der Waals surface area contributed by atoms with Gasteiger partial charge in [-0.1, -0.05) is 24.3 Å². The second-order valence-electron chi connectivity index (χ2n) is 7.92. The highest BCUT2D eigenvalue weighted by atomic mass is 32.2. The number of carbonyl (C=O) groups is 3. The first-order valence-electron chi connectivity index (χ1n) is 11.1. The smallest absolute Gasteiger partial charge is 0.293 e. The normalized spacial score (nSPS) is 15.8. The first kappa shape index (κ1) is 22.7. The highest BCUT2D eigenvalue weighted by Gasteiger charge is 2.34. The van der Waals surface area contributed by atoms with E-state index >= 15 is 0 Å². The molecular weight excluding hydrogens is 468 g/mol. The van der Waals surface area contributed by atoms with E-state index in [1.54, 1.807) is 35.2 Å². The Labute approximate surface area is 205 Å². The van der Waals surface area contributed by atoms with Crippen molar-refractivity contribution in [3.8, 4) is 17.2 Å². The van der Waals surface area contributed by atoms with Gasteiger partial charge in [0.05, 0.1) is 16.8 Å². The van der Waals surface area contributed by atoms with Crippen LogP contribution in [0.5, 0.6) is 11.5 Å². The van der Waals surface area contributed by atoms with Crippen LogP contribution in [0.1, 0.15) is 17.5 Å². The lowest BCUT2D eigenvalue weighted by Crippen LogP contribution is -2.37. The molecule has 1 aromatic heterocycles. The summed E-state index contributed by atoms with van der Waals surface area (Å²) in [7, 11) is 0. The van der Waals surface area contributed by atoms with Crippen LogP contribution in [0.25, 0.3) is 11.8 Å². The summed E-state index contributed by atoms with van der Waals surface area (Å²) in [5.41, 5.74) is 2.64. The molecule has 0 unspecified atom stereocenters. The molecule has 3 aromatic rings. The molecule has 3 amide bonds. The van der Waals surface area contributed by atoms with Crippen LogP contribution in [0, 0.1) is 0 Å². The Morgan fingerprint density at radius 2 is 1.94 bits per heavy atom. The summed E-state index contributed by atoms with van der Waals surface area (Å²) < 4.78 is 12.4. The largest absolute Gasteiger partial charge is 0.454 e. The minimum atomic E-state index is -0.375. The third-order valence-corrected chi connectivity index (χ3v) is 6.43. The van der Waals surface area contributed by atoms with Crippen LogP contribution in [0.15, 0.2) is 65.8 Å². The summed E-state index contributed by atoms with van der Waals surface area (Å²) in [4.78, 5) is 38.8. The standard InChI is InChI=1S/C25H22N4O5S/c30-23(9-7-18-14-27-29(15-18)19-4-2-1-3-5-19)26-10-11-28-24(31)22(35-25(28)32)13-17-6-8-20-21(12-17)34-16-33-20/h1-6,8,12-15H,7,9-11,16H2,(H,26,30)/b22-13-. The number of ether oxygens (including phenoxy) is 2. The maximum Gasteiger partial charge on any atom is 0.293 e. The Morgan fingerprint density at radius 1 is 1.11 bits per heavy atom. The highest BCUT2D eigenvalue weighted by molar-refractivity contribution is 8.18. The highest BCUT2D eigenvalue weighted by Crippen LogP contribution is 2.36. The number of para-hydroxylation sites is 1. The Morgan fingerprint density at radius 3 is 2.80 bits per heavy atom. The summed E-state index contributed by atoms with van der Waals surface area (Å²) in [5, 5.41) is 6.76. The number of amides is 3. The molecule has 2 aliphatic rings. The van der Waals surface area contributed by atoms with Crippen molar-refractivity contribution in [3.63, 3.8) is 0 Å². The number of aromatic nitrogens is 2. The zero-order valence-corrected chi connectivity index (χ0v) is 19.5. The fourth-order valence-corrected chi connectivity index (χ4v) is 4.58. The molecule has 0 aliphatic carbocycles. The molecule has 9 nitrogen and oxygen atoms in total. The van der Waals surface area contributed by atoms with E-state index < -0.39 is 0 Å². The number of aryl methyl sites for hydroxylation is 1. The van der Waals surface area contributed by atoms with Gasteiger partial charge in [-0.15, -0.1) is 0 Å². The molecule has 2 aliphatic heterocycles. The van der Waals surface area contributed by atoms with E-state index in [0.29, 0.717) is 22.8 Å². The average Bonchev–Trinajstić information content (AvgIpc) is 3.59. The van der Waals surface area contributed by atoms with E-state index in [0.717, 1.165) is 33.5 Å². The second-order valence-corrected chi connectivity index (χ2v) is 8.92. The summed E-state index contributed by atoms with van der Waals surface area (Å²) in [5.74, 6) is 0.727. The van der Waals surface area contributed by atoms with E-state index in [-0.39, 0.29) is 43.4 Å². The molecule has 35 heavy (non-hydrogen) atoms. The van der Waals surface area contributed by atoms with Gasteiger partial charge >= 0.3 is 0 Å². The van der Waals surface area contributed by atoms with Crippen molar-refractivity contribution in [2.45, 2.75) is 12.8 Å². The molecule has 3 heterocycles. The zero-order valence-electron chi connectivity index (χ0n) is 18.7. The average molecular weight is 491 g/mol. The van der Waals surface area contributed by atoms with Crippen molar-refractivity contribution < 1.29 is 23.9 Å². The molecule has 0 bridgehead atoms. The molecule has 2 aromatic carbocycles.